The lowest BCUT2D eigenvalue weighted by atomic mass is 10.0. The van der Waals surface area contributed by atoms with Gasteiger partial charge in [0.05, 0.1) is 23.5 Å². The van der Waals surface area contributed by atoms with Gasteiger partial charge in [-0.3, -0.25) is 9.78 Å². The second-order valence-corrected chi connectivity index (χ2v) is 7.44. The van der Waals surface area contributed by atoms with Crippen molar-refractivity contribution in [3.8, 4) is 16.8 Å². The van der Waals surface area contributed by atoms with E-state index in [4.69, 9.17) is 4.74 Å². The average Bonchev–Trinajstić information content (AvgIpc) is 3.50. The van der Waals surface area contributed by atoms with Crippen LogP contribution in [0.3, 0.4) is 0 Å². The van der Waals surface area contributed by atoms with E-state index < -0.39 is 0 Å². The van der Waals surface area contributed by atoms with Crippen LogP contribution in [0.15, 0.2) is 73.2 Å². The molecule has 30 heavy (non-hydrogen) atoms. The predicted octanol–water partition coefficient (Wildman–Crippen LogP) is 4.00. The highest BCUT2D eigenvalue weighted by molar-refractivity contribution is 5.95. The van der Waals surface area contributed by atoms with Gasteiger partial charge in [-0.05, 0) is 54.8 Å². The van der Waals surface area contributed by atoms with E-state index in [1.165, 1.54) is 0 Å². The van der Waals surface area contributed by atoms with Crippen LogP contribution in [0, 0.1) is 0 Å². The molecule has 2 aromatic heterocycles. The summed E-state index contributed by atoms with van der Waals surface area (Å²) in [5.74, 6) is -0.0820. The van der Waals surface area contributed by atoms with Gasteiger partial charge in [0.15, 0.2) is 0 Å². The van der Waals surface area contributed by atoms with Gasteiger partial charge in [0, 0.05) is 42.1 Å². The Morgan fingerprint density at radius 2 is 2.00 bits per heavy atom. The molecule has 6 nitrogen and oxygen atoms in total. The number of aromatic nitrogens is 3. The van der Waals surface area contributed by atoms with Crippen LogP contribution in [-0.2, 0) is 4.74 Å². The molecule has 1 saturated heterocycles. The molecule has 6 heteroatoms. The fourth-order valence-electron chi connectivity index (χ4n) is 3.83. The van der Waals surface area contributed by atoms with Crippen LogP contribution >= 0.6 is 0 Å². The number of pyridine rings is 1. The Hall–Kier alpha value is -3.51. The minimum atomic E-state index is -0.0820. The van der Waals surface area contributed by atoms with Crippen molar-refractivity contribution < 1.29 is 9.53 Å². The van der Waals surface area contributed by atoms with Gasteiger partial charge < -0.3 is 10.1 Å². The summed E-state index contributed by atoms with van der Waals surface area (Å²) in [7, 11) is 0. The van der Waals surface area contributed by atoms with Crippen LogP contribution in [0.1, 0.15) is 23.2 Å². The minimum absolute atomic E-state index is 0.0820. The highest BCUT2D eigenvalue weighted by Crippen LogP contribution is 2.27. The molecule has 5 rings (SSSR count). The van der Waals surface area contributed by atoms with Gasteiger partial charge in [0.2, 0.25) is 0 Å². The summed E-state index contributed by atoms with van der Waals surface area (Å²) in [5.41, 5.74) is 4.60. The molecule has 1 atom stereocenters. The van der Waals surface area contributed by atoms with E-state index in [-0.39, 0.29) is 12.0 Å². The number of carbonyl (C=O) groups is 1. The molecule has 4 aromatic rings. The van der Waals surface area contributed by atoms with Gasteiger partial charge in [-0.2, -0.15) is 5.10 Å². The van der Waals surface area contributed by atoms with Gasteiger partial charge in [-0.1, -0.05) is 18.2 Å². The number of para-hydroxylation sites is 1. The molecular weight excluding hydrogens is 376 g/mol. The van der Waals surface area contributed by atoms with Crippen molar-refractivity contribution in [3.05, 3.63) is 78.8 Å². The van der Waals surface area contributed by atoms with E-state index in [2.05, 4.69) is 21.5 Å². The average molecular weight is 398 g/mol. The smallest absolute Gasteiger partial charge is 0.251 e. The molecule has 2 aromatic carbocycles. The van der Waals surface area contributed by atoms with Gasteiger partial charge >= 0.3 is 0 Å². The number of rotatable bonds is 5. The number of nitrogens with zero attached hydrogens (tertiary/aromatic N) is 3. The summed E-state index contributed by atoms with van der Waals surface area (Å²) in [6, 6.07) is 17.5. The summed E-state index contributed by atoms with van der Waals surface area (Å²) >= 11 is 0. The van der Waals surface area contributed by atoms with Gasteiger partial charge in [0.1, 0.15) is 0 Å². The van der Waals surface area contributed by atoms with Gasteiger partial charge in [-0.25, -0.2) is 4.68 Å². The number of fused-ring (bicyclic) bond motifs is 1. The summed E-state index contributed by atoms with van der Waals surface area (Å²) in [6.45, 7) is 1.35. The Kier molecular flexibility index (Phi) is 4.99. The van der Waals surface area contributed by atoms with E-state index >= 15 is 0 Å². The number of amides is 1. The first-order valence-corrected chi connectivity index (χ1v) is 10.2. The van der Waals surface area contributed by atoms with Crippen molar-refractivity contribution in [1.29, 1.82) is 0 Å². The van der Waals surface area contributed by atoms with Gasteiger partial charge in [-0.15, -0.1) is 0 Å². The molecule has 3 heterocycles. The van der Waals surface area contributed by atoms with Crippen LogP contribution < -0.4 is 5.32 Å². The maximum absolute atomic E-state index is 12.4. The molecule has 1 N–H and O–H groups in total. The van der Waals surface area contributed by atoms with E-state index in [1.807, 2.05) is 71.8 Å². The van der Waals surface area contributed by atoms with E-state index in [0.717, 1.165) is 47.2 Å². The molecular formula is C24H22N4O2. The first-order chi connectivity index (χ1) is 14.8. The van der Waals surface area contributed by atoms with Crippen LogP contribution in [0.25, 0.3) is 27.7 Å². The molecule has 1 aliphatic heterocycles. The number of carbonyl (C=O) groups excluding carboxylic acids is 1. The Bertz CT molecular complexity index is 1170. The quantitative estimate of drug-likeness (QED) is 0.552. The molecule has 1 amide bonds. The van der Waals surface area contributed by atoms with E-state index in [1.54, 1.807) is 0 Å². The third-order valence-electron chi connectivity index (χ3n) is 5.45. The Morgan fingerprint density at radius 1 is 1.13 bits per heavy atom. The highest BCUT2D eigenvalue weighted by Gasteiger charge is 2.16. The monoisotopic (exact) mass is 398 g/mol. The van der Waals surface area contributed by atoms with E-state index in [0.29, 0.717) is 12.1 Å². The summed E-state index contributed by atoms with van der Waals surface area (Å²) < 4.78 is 7.37. The number of hydrogen-bond acceptors (Lipinski definition) is 4. The molecule has 1 fully saturated rings. The molecule has 1 unspecified atom stereocenters. The number of benzene rings is 2. The first-order valence-electron chi connectivity index (χ1n) is 10.2. The zero-order chi connectivity index (χ0) is 20.3. The number of hydrogen-bond donors (Lipinski definition) is 1. The topological polar surface area (TPSA) is 69.0 Å². The Morgan fingerprint density at radius 3 is 2.83 bits per heavy atom. The summed E-state index contributed by atoms with van der Waals surface area (Å²) in [4.78, 5) is 16.8. The third-order valence-corrected chi connectivity index (χ3v) is 5.45. The fraction of sp³-hybridized carbons (Fsp3) is 0.208. The molecule has 0 saturated carbocycles. The largest absolute Gasteiger partial charge is 0.376 e. The highest BCUT2D eigenvalue weighted by atomic mass is 16.5. The third kappa shape index (κ3) is 3.69. The lowest BCUT2D eigenvalue weighted by molar-refractivity contribution is 0.0858. The number of nitrogens with one attached hydrogen (secondary N) is 1. The fourth-order valence-corrected chi connectivity index (χ4v) is 3.83. The number of ether oxygens (including phenoxy) is 1. The normalized spacial score (nSPS) is 16.1. The van der Waals surface area contributed by atoms with Crippen molar-refractivity contribution in [1.82, 2.24) is 20.1 Å². The van der Waals surface area contributed by atoms with Crippen LogP contribution in [0.5, 0.6) is 0 Å². The lowest BCUT2D eigenvalue weighted by Gasteiger charge is -2.11. The zero-order valence-electron chi connectivity index (χ0n) is 16.5. The molecule has 0 radical (unpaired) electrons. The Labute approximate surface area is 174 Å². The maximum atomic E-state index is 12.4. The summed E-state index contributed by atoms with van der Waals surface area (Å²) in [6.07, 6.45) is 7.88. The second-order valence-electron chi connectivity index (χ2n) is 7.44. The van der Waals surface area contributed by atoms with Crippen molar-refractivity contribution in [2.75, 3.05) is 13.2 Å². The second kappa shape index (κ2) is 8.08. The van der Waals surface area contributed by atoms with Crippen LogP contribution in [-0.4, -0.2) is 39.9 Å². The maximum Gasteiger partial charge on any atom is 0.251 e. The van der Waals surface area contributed by atoms with Crippen LogP contribution in [0.4, 0.5) is 0 Å². The van der Waals surface area contributed by atoms with Crippen molar-refractivity contribution in [3.63, 3.8) is 0 Å². The summed E-state index contributed by atoms with van der Waals surface area (Å²) in [5, 5.41) is 8.56. The molecule has 150 valence electrons. The molecule has 1 aliphatic rings. The van der Waals surface area contributed by atoms with Crippen molar-refractivity contribution >= 4 is 16.8 Å². The predicted molar refractivity (Wildman–Crippen MR) is 116 cm³/mol. The first kappa shape index (κ1) is 18.5. The minimum Gasteiger partial charge on any atom is -0.376 e. The molecule has 0 bridgehead atoms. The van der Waals surface area contributed by atoms with Crippen molar-refractivity contribution in [2.24, 2.45) is 0 Å². The standard InChI is InChI=1S/C24H22N4O2/c29-24(26-15-20-4-3-13-30-20)17-7-9-19(10-8-17)28-16-18(14-27-28)21-11-12-25-23-6-2-1-5-22(21)23/h1-2,5-12,14,16,20H,3-4,13,15H2,(H,26,29). The lowest BCUT2D eigenvalue weighted by Crippen LogP contribution is -2.31. The van der Waals surface area contributed by atoms with Crippen LogP contribution in [0.2, 0.25) is 0 Å². The zero-order valence-corrected chi connectivity index (χ0v) is 16.5. The molecule has 0 aliphatic carbocycles. The van der Waals surface area contributed by atoms with Gasteiger partial charge in [0.25, 0.3) is 5.91 Å². The van der Waals surface area contributed by atoms with Crippen molar-refractivity contribution in [2.45, 2.75) is 18.9 Å². The SMILES string of the molecule is O=C(NCC1CCCO1)c1ccc(-n2cc(-c3ccnc4ccccc34)cn2)cc1. The molecule has 0 spiro atoms. The van der Waals surface area contributed by atoms with E-state index in [9.17, 15) is 4.79 Å². The Balaban J connectivity index is 1.33.